The maximum Gasteiger partial charge on any atom is 0.120 e. The molecule has 108 valence electrons. The van der Waals surface area contributed by atoms with Crippen molar-refractivity contribution < 1.29 is 5.11 Å². The quantitative estimate of drug-likeness (QED) is 0.823. The summed E-state index contributed by atoms with van der Waals surface area (Å²) >= 11 is 1.84. The predicted molar refractivity (Wildman–Crippen MR) is 86.5 cm³/mol. The monoisotopic (exact) mass is 289 g/mol. The molecular weight excluding hydrogens is 266 g/mol. The summed E-state index contributed by atoms with van der Waals surface area (Å²) in [5.74, 6) is 0.372. The lowest BCUT2D eigenvalue weighted by atomic mass is 10.0. The number of rotatable bonds is 5. The molecule has 1 aromatic carbocycles. The molecule has 2 atom stereocenters. The van der Waals surface area contributed by atoms with Crippen LogP contribution in [0.25, 0.3) is 0 Å². The van der Waals surface area contributed by atoms with E-state index in [2.05, 4.69) is 39.1 Å². The highest BCUT2D eigenvalue weighted by Gasteiger charge is 2.18. The number of aryl methyl sites for hydroxylation is 2. The maximum absolute atomic E-state index is 10.0. The Morgan fingerprint density at radius 3 is 2.45 bits per heavy atom. The Bertz CT molecular complexity index is 576. The minimum absolute atomic E-state index is 0.172. The van der Waals surface area contributed by atoms with Gasteiger partial charge < -0.3 is 10.4 Å². The van der Waals surface area contributed by atoms with E-state index >= 15 is 0 Å². The van der Waals surface area contributed by atoms with E-state index in [1.54, 1.807) is 6.07 Å². The molecule has 0 bridgehead atoms. The fraction of sp³-hybridized carbons (Fsp3) is 0.412. The third kappa shape index (κ3) is 3.22. The van der Waals surface area contributed by atoms with Gasteiger partial charge in [0.1, 0.15) is 5.75 Å². The number of hydrogen-bond donors (Lipinski definition) is 2. The predicted octanol–water partition coefficient (Wildman–Crippen LogP) is 4.87. The largest absolute Gasteiger partial charge is 0.508 e. The summed E-state index contributed by atoms with van der Waals surface area (Å²) in [6.07, 6.45) is 0.948. The van der Waals surface area contributed by atoms with E-state index in [-0.39, 0.29) is 12.1 Å². The van der Waals surface area contributed by atoms with Gasteiger partial charge in [-0.25, -0.2) is 0 Å². The van der Waals surface area contributed by atoms with Crippen LogP contribution in [-0.4, -0.2) is 5.11 Å². The average molecular weight is 289 g/mol. The van der Waals surface area contributed by atoms with Gasteiger partial charge in [0.2, 0.25) is 0 Å². The molecule has 0 saturated carbocycles. The number of hydrogen-bond acceptors (Lipinski definition) is 3. The van der Waals surface area contributed by atoms with Gasteiger partial charge in [0.05, 0.1) is 0 Å². The highest BCUT2D eigenvalue weighted by Crippen LogP contribution is 2.31. The Hall–Kier alpha value is -1.32. The first-order valence-electron chi connectivity index (χ1n) is 7.13. The van der Waals surface area contributed by atoms with Crippen LogP contribution in [-0.2, 0) is 0 Å². The first-order chi connectivity index (χ1) is 9.52. The molecule has 2 rings (SSSR count). The zero-order chi connectivity index (χ0) is 14.7. The Balaban J connectivity index is 2.18. The number of phenolic OH excluding ortho intramolecular Hbond substituents is 1. The first kappa shape index (κ1) is 15.1. The van der Waals surface area contributed by atoms with Crippen LogP contribution in [0, 0.1) is 13.8 Å². The van der Waals surface area contributed by atoms with E-state index in [4.69, 9.17) is 0 Å². The van der Waals surface area contributed by atoms with Gasteiger partial charge in [-0.3, -0.25) is 0 Å². The summed E-state index contributed by atoms with van der Waals surface area (Å²) in [4.78, 5) is 2.72. The number of aromatic hydroxyl groups is 1. The van der Waals surface area contributed by atoms with Crippen LogP contribution in [0.2, 0.25) is 0 Å². The average Bonchev–Trinajstić information content (AvgIpc) is 2.76. The molecule has 2 nitrogen and oxygen atoms in total. The van der Waals surface area contributed by atoms with Crippen molar-refractivity contribution in [3.05, 3.63) is 51.2 Å². The zero-order valence-electron chi connectivity index (χ0n) is 12.6. The number of phenols is 1. The van der Waals surface area contributed by atoms with E-state index in [1.165, 1.54) is 15.3 Å². The molecule has 3 heteroatoms. The Morgan fingerprint density at radius 2 is 1.90 bits per heavy atom. The lowest BCUT2D eigenvalue weighted by Gasteiger charge is -2.23. The van der Waals surface area contributed by atoms with Gasteiger partial charge in [-0.1, -0.05) is 25.1 Å². The van der Waals surface area contributed by atoms with Crippen LogP contribution >= 0.6 is 11.3 Å². The van der Waals surface area contributed by atoms with Crippen molar-refractivity contribution in [2.45, 2.75) is 46.2 Å². The molecule has 0 saturated heterocycles. The molecule has 0 aliphatic carbocycles. The second kappa shape index (κ2) is 6.42. The van der Waals surface area contributed by atoms with Crippen molar-refractivity contribution in [2.75, 3.05) is 0 Å². The first-order valence-corrected chi connectivity index (χ1v) is 7.95. The second-order valence-corrected chi connectivity index (χ2v) is 6.74. The Morgan fingerprint density at radius 1 is 1.20 bits per heavy atom. The molecule has 2 unspecified atom stereocenters. The number of thiophene rings is 1. The molecule has 0 fully saturated rings. The van der Waals surface area contributed by atoms with Crippen molar-refractivity contribution >= 4 is 11.3 Å². The van der Waals surface area contributed by atoms with Crippen LogP contribution < -0.4 is 5.32 Å². The van der Waals surface area contributed by atoms with E-state index in [0.717, 1.165) is 12.0 Å². The zero-order valence-corrected chi connectivity index (χ0v) is 13.4. The minimum Gasteiger partial charge on any atom is -0.508 e. The van der Waals surface area contributed by atoms with Crippen LogP contribution in [0.1, 0.15) is 53.2 Å². The summed E-state index contributed by atoms with van der Waals surface area (Å²) in [5, 5.41) is 13.7. The van der Waals surface area contributed by atoms with E-state index < -0.39 is 0 Å². The number of benzene rings is 1. The SMILES string of the molecule is CCC(NC(C)c1cc(C)sc1C)c1ccccc1O. The molecule has 0 spiro atoms. The third-order valence-electron chi connectivity index (χ3n) is 3.72. The van der Waals surface area contributed by atoms with Crippen molar-refractivity contribution in [2.24, 2.45) is 0 Å². The van der Waals surface area contributed by atoms with Crippen molar-refractivity contribution in [3.8, 4) is 5.75 Å². The van der Waals surface area contributed by atoms with Crippen LogP contribution in [0.4, 0.5) is 0 Å². The van der Waals surface area contributed by atoms with Crippen molar-refractivity contribution in [3.63, 3.8) is 0 Å². The minimum atomic E-state index is 0.172. The van der Waals surface area contributed by atoms with Gasteiger partial charge in [0.25, 0.3) is 0 Å². The van der Waals surface area contributed by atoms with Gasteiger partial charge in [-0.15, -0.1) is 11.3 Å². The van der Waals surface area contributed by atoms with Crippen molar-refractivity contribution in [1.82, 2.24) is 5.32 Å². The highest BCUT2D eigenvalue weighted by molar-refractivity contribution is 7.12. The smallest absolute Gasteiger partial charge is 0.120 e. The molecule has 0 aliphatic heterocycles. The highest BCUT2D eigenvalue weighted by atomic mass is 32.1. The molecule has 0 amide bonds. The summed E-state index contributed by atoms with van der Waals surface area (Å²) < 4.78 is 0. The molecule has 1 aromatic heterocycles. The molecule has 0 radical (unpaired) electrons. The Labute approximate surface area is 125 Å². The molecule has 0 aliphatic rings. The van der Waals surface area contributed by atoms with Gasteiger partial charge in [0, 0.05) is 27.4 Å². The van der Waals surface area contributed by atoms with Crippen LogP contribution in [0.15, 0.2) is 30.3 Å². The fourth-order valence-electron chi connectivity index (χ4n) is 2.68. The number of nitrogens with one attached hydrogen (secondary N) is 1. The van der Waals surface area contributed by atoms with E-state index in [1.807, 2.05) is 29.5 Å². The van der Waals surface area contributed by atoms with Gasteiger partial charge in [-0.2, -0.15) is 0 Å². The van der Waals surface area contributed by atoms with E-state index in [9.17, 15) is 5.11 Å². The molecule has 2 aromatic rings. The lowest BCUT2D eigenvalue weighted by molar-refractivity contribution is 0.419. The third-order valence-corrected chi connectivity index (χ3v) is 4.70. The fourth-order valence-corrected chi connectivity index (χ4v) is 3.70. The normalized spacial score (nSPS) is 14.2. The molecular formula is C17H23NOS. The van der Waals surface area contributed by atoms with Crippen LogP contribution in [0.3, 0.4) is 0 Å². The summed E-state index contributed by atoms with van der Waals surface area (Å²) in [7, 11) is 0. The standard InChI is InChI=1S/C17H23NOS/c1-5-16(14-8-6-7-9-17(14)19)18-12(3)15-10-11(2)20-13(15)4/h6-10,12,16,18-19H,5H2,1-4H3. The molecule has 1 heterocycles. The topological polar surface area (TPSA) is 32.3 Å². The summed E-state index contributed by atoms with van der Waals surface area (Å²) in [5.41, 5.74) is 2.34. The van der Waals surface area contributed by atoms with Crippen LogP contribution in [0.5, 0.6) is 5.75 Å². The van der Waals surface area contributed by atoms with E-state index in [0.29, 0.717) is 5.75 Å². The van der Waals surface area contributed by atoms with Gasteiger partial charge >= 0.3 is 0 Å². The van der Waals surface area contributed by atoms with Crippen molar-refractivity contribution in [1.29, 1.82) is 0 Å². The maximum atomic E-state index is 10.0. The molecule has 2 N–H and O–H groups in total. The molecule has 20 heavy (non-hydrogen) atoms. The van der Waals surface area contributed by atoms with Gasteiger partial charge in [0.15, 0.2) is 0 Å². The summed E-state index contributed by atoms with van der Waals surface area (Å²) in [6, 6.07) is 10.3. The van der Waals surface area contributed by atoms with Gasteiger partial charge in [-0.05, 0) is 44.9 Å². The Kier molecular flexibility index (Phi) is 4.84. The second-order valence-electron chi connectivity index (χ2n) is 5.28. The lowest BCUT2D eigenvalue weighted by Crippen LogP contribution is -2.24. The summed E-state index contributed by atoms with van der Waals surface area (Å²) in [6.45, 7) is 8.65. The number of para-hydroxylation sites is 1.